The molecule has 86 valence electrons. The van der Waals surface area contributed by atoms with Gasteiger partial charge in [0.05, 0.1) is 6.33 Å². The van der Waals surface area contributed by atoms with Gasteiger partial charge in [-0.2, -0.15) is 0 Å². The lowest BCUT2D eigenvalue weighted by Gasteiger charge is -2.08. The zero-order valence-corrected chi connectivity index (χ0v) is 10.2. The average Bonchev–Trinajstić information content (AvgIpc) is 2.77. The van der Waals surface area contributed by atoms with Crippen LogP contribution in [0.2, 0.25) is 0 Å². The first-order chi connectivity index (χ1) is 7.81. The summed E-state index contributed by atoms with van der Waals surface area (Å²) in [5.74, 6) is 1.03. The van der Waals surface area contributed by atoms with Crippen LogP contribution < -0.4 is 5.32 Å². The van der Waals surface area contributed by atoms with Gasteiger partial charge in [0.25, 0.3) is 0 Å². The van der Waals surface area contributed by atoms with Crippen molar-refractivity contribution in [2.24, 2.45) is 0 Å². The summed E-state index contributed by atoms with van der Waals surface area (Å²) < 4.78 is 0. The van der Waals surface area contributed by atoms with Crippen LogP contribution in [0.1, 0.15) is 13.3 Å². The van der Waals surface area contributed by atoms with Crippen molar-refractivity contribution in [2.45, 2.75) is 24.4 Å². The highest BCUT2D eigenvalue weighted by molar-refractivity contribution is 7.99. The van der Waals surface area contributed by atoms with Gasteiger partial charge in [0, 0.05) is 11.8 Å². The first-order valence-corrected chi connectivity index (χ1v) is 6.24. The van der Waals surface area contributed by atoms with Crippen LogP contribution in [0.15, 0.2) is 17.7 Å². The first kappa shape index (κ1) is 11.3. The van der Waals surface area contributed by atoms with Crippen LogP contribution in [-0.4, -0.2) is 38.8 Å². The summed E-state index contributed by atoms with van der Waals surface area (Å²) in [6.45, 7) is 2.17. The number of rotatable bonds is 5. The monoisotopic (exact) mass is 237 g/mol. The molecule has 0 aliphatic carbocycles. The maximum atomic E-state index is 4.26. The second-order valence-corrected chi connectivity index (χ2v) is 4.69. The molecule has 2 aromatic rings. The van der Waals surface area contributed by atoms with Gasteiger partial charge in [0.15, 0.2) is 5.65 Å². The van der Waals surface area contributed by atoms with Crippen molar-refractivity contribution >= 4 is 22.9 Å². The van der Waals surface area contributed by atoms with Crippen molar-refractivity contribution in [3.63, 3.8) is 0 Å². The summed E-state index contributed by atoms with van der Waals surface area (Å²) in [5.41, 5.74) is 1.67. The molecule has 0 amide bonds. The van der Waals surface area contributed by atoms with Gasteiger partial charge in [-0.25, -0.2) is 15.0 Å². The number of hydrogen-bond donors (Lipinski definition) is 2. The normalized spacial score (nSPS) is 13.1. The number of aromatic amines is 1. The van der Waals surface area contributed by atoms with E-state index >= 15 is 0 Å². The Hall–Kier alpha value is -1.14. The molecule has 1 unspecified atom stereocenters. The van der Waals surface area contributed by atoms with Gasteiger partial charge >= 0.3 is 0 Å². The van der Waals surface area contributed by atoms with Crippen LogP contribution >= 0.6 is 11.8 Å². The molecule has 2 rings (SSSR count). The van der Waals surface area contributed by atoms with Gasteiger partial charge in [-0.05, 0) is 20.4 Å². The van der Waals surface area contributed by atoms with E-state index in [2.05, 4.69) is 32.2 Å². The summed E-state index contributed by atoms with van der Waals surface area (Å²) in [6.07, 6.45) is 4.33. The molecule has 5 nitrogen and oxygen atoms in total. The summed E-state index contributed by atoms with van der Waals surface area (Å²) in [4.78, 5) is 15.5. The van der Waals surface area contributed by atoms with Gasteiger partial charge in [0.1, 0.15) is 16.9 Å². The van der Waals surface area contributed by atoms with Gasteiger partial charge in [-0.15, -0.1) is 11.8 Å². The van der Waals surface area contributed by atoms with Crippen LogP contribution in [-0.2, 0) is 0 Å². The van der Waals surface area contributed by atoms with Crippen molar-refractivity contribution in [3.8, 4) is 0 Å². The van der Waals surface area contributed by atoms with Crippen molar-refractivity contribution in [1.82, 2.24) is 25.3 Å². The second kappa shape index (κ2) is 5.27. The van der Waals surface area contributed by atoms with Crippen LogP contribution in [0.5, 0.6) is 0 Å². The number of fused-ring (bicyclic) bond motifs is 1. The van der Waals surface area contributed by atoms with Crippen LogP contribution in [0, 0.1) is 0 Å². The lowest BCUT2D eigenvalue weighted by molar-refractivity contribution is 0.597. The molecule has 2 heterocycles. The quantitative estimate of drug-likeness (QED) is 0.608. The Bertz CT molecular complexity index is 455. The molecular weight excluding hydrogens is 222 g/mol. The van der Waals surface area contributed by atoms with Gasteiger partial charge in [-0.1, -0.05) is 0 Å². The Kier molecular flexibility index (Phi) is 3.74. The minimum atomic E-state index is 0.534. The number of imidazole rings is 1. The fourth-order valence-corrected chi connectivity index (χ4v) is 2.41. The molecule has 0 saturated heterocycles. The standard InChI is InChI=1S/C10H15N5S/c1-7(11-2)3-4-16-10-8-9(13-5-12-8)14-6-15-10/h5-7,11H,3-4H2,1-2H3,(H,12,13,14,15). The maximum absolute atomic E-state index is 4.26. The Morgan fingerprint density at radius 2 is 2.31 bits per heavy atom. The predicted octanol–water partition coefficient (Wildman–Crippen LogP) is 1.44. The molecule has 2 aromatic heterocycles. The van der Waals surface area contributed by atoms with Crippen molar-refractivity contribution in [1.29, 1.82) is 0 Å². The van der Waals surface area contributed by atoms with E-state index in [1.165, 1.54) is 0 Å². The molecule has 0 radical (unpaired) electrons. The summed E-state index contributed by atoms with van der Waals surface area (Å²) in [7, 11) is 1.98. The summed E-state index contributed by atoms with van der Waals surface area (Å²) >= 11 is 1.74. The largest absolute Gasteiger partial charge is 0.341 e. The van der Waals surface area contributed by atoms with Crippen LogP contribution in [0.3, 0.4) is 0 Å². The van der Waals surface area contributed by atoms with Crippen LogP contribution in [0.4, 0.5) is 0 Å². The fraction of sp³-hybridized carbons (Fsp3) is 0.500. The molecule has 0 aliphatic rings. The Morgan fingerprint density at radius 1 is 1.44 bits per heavy atom. The zero-order chi connectivity index (χ0) is 11.4. The van der Waals surface area contributed by atoms with Gasteiger partial charge in [0.2, 0.25) is 0 Å². The highest BCUT2D eigenvalue weighted by atomic mass is 32.2. The first-order valence-electron chi connectivity index (χ1n) is 5.25. The smallest absolute Gasteiger partial charge is 0.181 e. The Balaban J connectivity index is 2.01. The third kappa shape index (κ3) is 2.51. The van der Waals surface area contributed by atoms with Gasteiger partial charge in [-0.3, -0.25) is 0 Å². The van der Waals surface area contributed by atoms with Crippen molar-refractivity contribution in [2.75, 3.05) is 12.8 Å². The van der Waals surface area contributed by atoms with E-state index in [1.807, 2.05) is 7.05 Å². The SMILES string of the molecule is CNC(C)CCSc1ncnc2nc[nH]c12. The molecule has 0 saturated carbocycles. The summed E-state index contributed by atoms with van der Waals surface area (Å²) in [5, 5.41) is 4.19. The molecule has 0 aliphatic heterocycles. The van der Waals surface area contributed by atoms with E-state index in [-0.39, 0.29) is 0 Å². The number of thioether (sulfide) groups is 1. The molecule has 16 heavy (non-hydrogen) atoms. The average molecular weight is 237 g/mol. The second-order valence-electron chi connectivity index (χ2n) is 3.61. The number of hydrogen-bond acceptors (Lipinski definition) is 5. The Labute approximate surface area is 98.5 Å². The van der Waals surface area contributed by atoms with E-state index in [0.717, 1.165) is 28.4 Å². The molecule has 2 N–H and O–H groups in total. The lowest BCUT2D eigenvalue weighted by atomic mass is 10.3. The molecule has 0 bridgehead atoms. The van der Waals surface area contributed by atoms with Gasteiger partial charge < -0.3 is 10.3 Å². The highest BCUT2D eigenvalue weighted by Gasteiger charge is 2.06. The summed E-state index contributed by atoms with van der Waals surface area (Å²) in [6, 6.07) is 0.534. The third-order valence-electron chi connectivity index (χ3n) is 2.47. The fourth-order valence-electron chi connectivity index (χ4n) is 1.33. The molecule has 1 atom stereocenters. The number of H-pyrrole nitrogens is 1. The predicted molar refractivity (Wildman–Crippen MR) is 65.5 cm³/mol. The third-order valence-corrected chi connectivity index (χ3v) is 3.49. The lowest BCUT2D eigenvalue weighted by Crippen LogP contribution is -2.21. The van der Waals surface area contributed by atoms with E-state index in [4.69, 9.17) is 0 Å². The molecule has 0 spiro atoms. The van der Waals surface area contributed by atoms with E-state index in [9.17, 15) is 0 Å². The highest BCUT2D eigenvalue weighted by Crippen LogP contribution is 2.22. The van der Waals surface area contributed by atoms with Crippen molar-refractivity contribution < 1.29 is 0 Å². The zero-order valence-electron chi connectivity index (χ0n) is 9.40. The van der Waals surface area contributed by atoms with Crippen molar-refractivity contribution in [3.05, 3.63) is 12.7 Å². The topological polar surface area (TPSA) is 66.5 Å². The molecule has 0 aromatic carbocycles. The molecular formula is C10H15N5S. The minimum Gasteiger partial charge on any atom is -0.341 e. The molecule has 6 heteroatoms. The van der Waals surface area contributed by atoms with E-state index in [0.29, 0.717) is 6.04 Å². The number of nitrogens with one attached hydrogen (secondary N) is 2. The molecule has 0 fully saturated rings. The van der Waals surface area contributed by atoms with E-state index in [1.54, 1.807) is 24.4 Å². The van der Waals surface area contributed by atoms with E-state index < -0.39 is 0 Å². The van der Waals surface area contributed by atoms with Crippen LogP contribution in [0.25, 0.3) is 11.2 Å². The minimum absolute atomic E-state index is 0.534. The number of aromatic nitrogens is 4. The number of nitrogens with zero attached hydrogens (tertiary/aromatic N) is 3. The Morgan fingerprint density at radius 3 is 3.12 bits per heavy atom. The maximum Gasteiger partial charge on any atom is 0.181 e.